The molecular weight excluding hydrogens is 424 g/mol. The van der Waals surface area contributed by atoms with E-state index in [1.54, 1.807) is 11.0 Å². The summed E-state index contributed by atoms with van der Waals surface area (Å²) < 4.78 is 12.6. The Labute approximate surface area is 200 Å². The molecular formula is C29H28N2O3. The average Bonchev–Trinajstić information content (AvgIpc) is 3.53. The van der Waals surface area contributed by atoms with Gasteiger partial charge in [-0.1, -0.05) is 48.5 Å². The Balaban J connectivity index is 1.38. The summed E-state index contributed by atoms with van der Waals surface area (Å²) in [5, 5.41) is 9.47. The predicted molar refractivity (Wildman–Crippen MR) is 131 cm³/mol. The van der Waals surface area contributed by atoms with E-state index in [2.05, 4.69) is 12.1 Å². The molecule has 1 aliphatic heterocycles. The van der Waals surface area contributed by atoms with Crippen LogP contribution < -0.4 is 14.4 Å². The molecule has 1 heterocycles. The summed E-state index contributed by atoms with van der Waals surface area (Å²) in [5.74, 6) is 1.56. The first-order valence-corrected chi connectivity index (χ1v) is 12.0. The van der Waals surface area contributed by atoms with Gasteiger partial charge in [-0.3, -0.25) is 4.79 Å². The molecule has 1 saturated carbocycles. The second kappa shape index (κ2) is 10.0. The van der Waals surface area contributed by atoms with Gasteiger partial charge >= 0.3 is 0 Å². The minimum Gasteiger partial charge on any atom is -0.487 e. The number of anilines is 1. The molecule has 5 nitrogen and oxygen atoms in total. The van der Waals surface area contributed by atoms with E-state index in [1.165, 1.54) is 12.8 Å². The number of ether oxygens (including phenoxy) is 2. The molecule has 1 atom stereocenters. The molecule has 3 aromatic rings. The fraction of sp³-hybridized carbons (Fsp3) is 0.310. The molecule has 34 heavy (non-hydrogen) atoms. The van der Waals surface area contributed by atoms with Crippen LogP contribution >= 0.6 is 0 Å². The van der Waals surface area contributed by atoms with Gasteiger partial charge in [0.25, 0.3) is 0 Å². The highest BCUT2D eigenvalue weighted by Crippen LogP contribution is 2.39. The molecule has 0 bridgehead atoms. The minimum absolute atomic E-state index is 0.0355. The summed E-state index contributed by atoms with van der Waals surface area (Å²) >= 11 is 0. The van der Waals surface area contributed by atoms with Gasteiger partial charge in [-0.15, -0.1) is 0 Å². The number of nitrogens with zero attached hydrogens (tertiary/aromatic N) is 2. The highest BCUT2D eigenvalue weighted by atomic mass is 16.5. The van der Waals surface area contributed by atoms with Crippen molar-refractivity contribution in [3.63, 3.8) is 0 Å². The van der Waals surface area contributed by atoms with E-state index >= 15 is 0 Å². The molecule has 0 radical (unpaired) electrons. The Bertz CT molecular complexity index is 1200. The molecule has 1 saturated heterocycles. The SMILES string of the molecule is N#Cc1ccccc1N1CC(c2ccc(OCc3ccccc3)c(OC3CCCC3)c2)CC1=O. The molecule has 5 heteroatoms. The number of benzene rings is 3. The first-order chi connectivity index (χ1) is 16.7. The van der Waals surface area contributed by atoms with Crippen LogP contribution in [0.1, 0.15) is 54.7 Å². The average molecular weight is 453 g/mol. The minimum atomic E-state index is 0.0355. The molecule has 1 aliphatic carbocycles. The van der Waals surface area contributed by atoms with Gasteiger partial charge in [-0.05, 0) is 61.1 Å². The fourth-order valence-electron chi connectivity index (χ4n) is 4.88. The van der Waals surface area contributed by atoms with Gasteiger partial charge in [-0.2, -0.15) is 5.26 Å². The monoisotopic (exact) mass is 452 g/mol. The lowest BCUT2D eigenvalue weighted by molar-refractivity contribution is -0.117. The maximum absolute atomic E-state index is 12.9. The first-order valence-electron chi connectivity index (χ1n) is 12.0. The number of rotatable bonds is 7. The molecule has 1 unspecified atom stereocenters. The van der Waals surface area contributed by atoms with Crippen molar-refractivity contribution in [2.75, 3.05) is 11.4 Å². The molecule has 172 valence electrons. The van der Waals surface area contributed by atoms with E-state index in [-0.39, 0.29) is 17.9 Å². The van der Waals surface area contributed by atoms with E-state index in [0.29, 0.717) is 30.8 Å². The lowest BCUT2D eigenvalue weighted by Gasteiger charge is -2.20. The largest absolute Gasteiger partial charge is 0.487 e. The highest BCUT2D eigenvalue weighted by Gasteiger charge is 2.33. The molecule has 0 spiro atoms. The summed E-state index contributed by atoms with van der Waals surface area (Å²) in [6, 6.07) is 25.6. The van der Waals surface area contributed by atoms with Crippen molar-refractivity contribution in [1.82, 2.24) is 0 Å². The van der Waals surface area contributed by atoms with Crippen molar-refractivity contribution in [2.24, 2.45) is 0 Å². The van der Waals surface area contributed by atoms with Gasteiger partial charge in [0, 0.05) is 18.9 Å². The Kier molecular flexibility index (Phi) is 6.49. The van der Waals surface area contributed by atoms with Gasteiger partial charge in [0.05, 0.1) is 17.4 Å². The van der Waals surface area contributed by atoms with Crippen molar-refractivity contribution in [3.8, 4) is 17.6 Å². The summed E-state index contributed by atoms with van der Waals surface area (Å²) in [7, 11) is 0. The number of nitriles is 1. The number of hydrogen-bond acceptors (Lipinski definition) is 4. The smallest absolute Gasteiger partial charge is 0.227 e. The molecule has 2 fully saturated rings. The van der Waals surface area contributed by atoms with Gasteiger partial charge in [-0.25, -0.2) is 0 Å². The molecule has 0 aromatic heterocycles. The van der Waals surface area contributed by atoms with Crippen LogP contribution in [-0.2, 0) is 11.4 Å². The molecule has 5 rings (SSSR count). The number of para-hydroxylation sites is 1. The van der Waals surface area contributed by atoms with Gasteiger partial charge in [0.2, 0.25) is 5.91 Å². The van der Waals surface area contributed by atoms with E-state index in [1.807, 2.05) is 60.7 Å². The maximum atomic E-state index is 12.9. The Morgan fingerprint density at radius 3 is 2.50 bits per heavy atom. The normalized spacial score (nSPS) is 18.1. The third kappa shape index (κ3) is 4.77. The topological polar surface area (TPSA) is 62.6 Å². The van der Waals surface area contributed by atoms with Crippen LogP contribution in [0.25, 0.3) is 0 Å². The van der Waals surface area contributed by atoms with Crippen molar-refractivity contribution < 1.29 is 14.3 Å². The summed E-state index contributed by atoms with van der Waals surface area (Å²) in [5.41, 5.74) is 3.37. The number of carbonyl (C=O) groups excluding carboxylic acids is 1. The first kappa shape index (κ1) is 22.0. The van der Waals surface area contributed by atoms with Crippen LogP contribution in [0.15, 0.2) is 72.8 Å². The third-order valence-electron chi connectivity index (χ3n) is 6.71. The Morgan fingerprint density at radius 2 is 1.71 bits per heavy atom. The quantitative estimate of drug-likeness (QED) is 0.442. The summed E-state index contributed by atoms with van der Waals surface area (Å²) in [4.78, 5) is 14.6. The zero-order chi connectivity index (χ0) is 23.3. The predicted octanol–water partition coefficient (Wildman–Crippen LogP) is 5.98. The van der Waals surface area contributed by atoms with Crippen LogP contribution in [0.5, 0.6) is 11.5 Å². The zero-order valence-corrected chi connectivity index (χ0v) is 19.2. The van der Waals surface area contributed by atoms with E-state index in [9.17, 15) is 10.1 Å². The van der Waals surface area contributed by atoms with Crippen molar-refractivity contribution in [2.45, 2.75) is 50.7 Å². The second-order valence-electron chi connectivity index (χ2n) is 9.04. The molecule has 2 aliphatic rings. The van der Waals surface area contributed by atoms with Crippen LogP contribution in [-0.4, -0.2) is 18.6 Å². The van der Waals surface area contributed by atoms with Crippen LogP contribution in [0.2, 0.25) is 0 Å². The fourth-order valence-corrected chi connectivity index (χ4v) is 4.88. The maximum Gasteiger partial charge on any atom is 0.227 e. The molecule has 0 N–H and O–H groups in total. The molecule has 1 amide bonds. The van der Waals surface area contributed by atoms with Crippen LogP contribution in [0.4, 0.5) is 5.69 Å². The molecule has 3 aromatic carbocycles. The highest BCUT2D eigenvalue weighted by molar-refractivity contribution is 5.97. The standard InChI is InChI=1S/C29H28N2O3/c30-18-23-10-4-7-13-26(23)31-19-24(17-29(31)32)22-14-15-27(33-20-21-8-2-1-3-9-21)28(16-22)34-25-11-5-6-12-25/h1-4,7-10,13-16,24-25H,5-6,11-12,17,19-20H2. The number of carbonyl (C=O) groups is 1. The lowest BCUT2D eigenvalue weighted by atomic mass is 9.97. The Morgan fingerprint density at radius 1 is 0.941 bits per heavy atom. The summed E-state index contributed by atoms with van der Waals surface area (Å²) in [6.45, 7) is 1.02. The van der Waals surface area contributed by atoms with Crippen LogP contribution in [0, 0.1) is 11.3 Å². The second-order valence-corrected chi connectivity index (χ2v) is 9.04. The van der Waals surface area contributed by atoms with Crippen LogP contribution in [0.3, 0.4) is 0 Å². The van der Waals surface area contributed by atoms with E-state index in [4.69, 9.17) is 9.47 Å². The van der Waals surface area contributed by atoms with Gasteiger partial charge in [0.15, 0.2) is 11.5 Å². The summed E-state index contributed by atoms with van der Waals surface area (Å²) in [6.07, 6.45) is 5.11. The van der Waals surface area contributed by atoms with E-state index < -0.39 is 0 Å². The number of amides is 1. The van der Waals surface area contributed by atoms with Gasteiger partial charge in [0.1, 0.15) is 12.7 Å². The Hall–Kier alpha value is -3.78. The zero-order valence-electron chi connectivity index (χ0n) is 19.2. The van der Waals surface area contributed by atoms with E-state index in [0.717, 1.165) is 35.5 Å². The van der Waals surface area contributed by atoms with Crippen molar-refractivity contribution in [3.05, 3.63) is 89.5 Å². The van der Waals surface area contributed by atoms with Crippen molar-refractivity contribution >= 4 is 11.6 Å². The number of hydrogen-bond donors (Lipinski definition) is 0. The third-order valence-corrected chi connectivity index (χ3v) is 6.71. The lowest BCUT2D eigenvalue weighted by Crippen LogP contribution is -2.25. The van der Waals surface area contributed by atoms with Gasteiger partial charge < -0.3 is 14.4 Å². The van der Waals surface area contributed by atoms with Crippen molar-refractivity contribution in [1.29, 1.82) is 5.26 Å².